The van der Waals surface area contributed by atoms with Crippen LogP contribution in [-0.4, -0.2) is 11.1 Å². The highest BCUT2D eigenvalue weighted by Gasteiger charge is 2.14. The van der Waals surface area contributed by atoms with Gasteiger partial charge in [0.2, 0.25) is 0 Å². The maximum absolute atomic E-state index is 10.9. The van der Waals surface area contributed by atoms with Crippen molar-refractivity contribution in [1.29, 1.82) is 0 Å². The number of benzene rings is 1. The second-order valence-corrected chi connectivity index (χ2v) is 4.51. The van der Waals surface area contributed by atoms with E-state index in [1.165, 1.54) is 17.4 Å². The summed E-state index contributed by atoms with van der Waals surface area (Å²) in [5.74, 6) is -0.948. The molecule has 72 valence electrons. The number of hydrogen-bond donors (Lipinski definition) is 2. The number of thiophene rings is 1. The zero-order valence-electron chi connectivity index (χ0n) is 6.95. The quantitative estimate of drug-likeness (QED) is 0.784. The zero-order chi connectivity index (χ0) is 10.3. The topological polar surface area (TPSA) is 63.3 Å². The number of fused-ring (bicyclic) bond motifs is 1. The first-order chi connectivity index (χ1) is 6.61. The third kappa shape index (κ3) is 1.29. The Hall–Kier alpha value is -1.07. The van der Waals surface area contributed by atoms with Crippen molar-refractivity contribution >= 4 is 49.0 Å². The van der Waals surface area contributed by atoms with Crippen LogP contribution in [-0.2, 0) is 0 Å². The van der Waals surface area contributed by atoms with Gasteiger partial charge in [-0.1, -0.05) is 0 Å². The predicted octanol–water partition coefficient (Wildman–Crippen LogP) is 2.94. The van der Waals surface area contributed by atoms with Gasteiger partial charge in [0.25, 0.3) is 0 Å². The molecule has 0 amide bonds. The highest BCUT2D eigenvalue weighted by atomic mass is 79.9. The van der Waals surface area contributed by atoms with Crippen LogP contribution in [0.4, 0.5) is 5.69 Å². The van der Waals surface area contributed by atoms with Crippen LogP contribution < -0.4 is 5.73 Å². The number of anilines is 1. The van der Waals surface area contributed by atoms with Crippen LogP contribution in [0, 0.1) is 0 Å². The van der Waals surface area contributed by atoms with Crippen molar-refractivity contribution in [3.63, 3.8) is 0 Å². The molecule has 0 aliphatic carbocycles. The fraction of sp³-hybridized carbons (Fsp3) is 0. The van der Waals surface area contributed by atoms with Gasteiger partial charge < -0.3 is 10.8 Å². The fourth-order valence-corrected chi connectivity index (χ4v) is 2.78. The minimum absolute atomic E-state index is 0.260. The summed E-state index contributed by atoms with van der Waals surface area (Å²) in [6.45, 7) is 0. The lowest BCUT2D eigenvalue weighted by molar-refractivity contribution is 0.0699. The van der Waals surface area contributed by atoms with Gasteiger partial charge in [0.1, 0.15) is 0 Å². The van der Waals surface area contributed by atoms with E-state index in [0.29, 0.717) is 5.69 Å². The number of nitrogens with two attached hydrogens (primary N) is 1. The normalized spacial score (nSPS) is 10.6. The molecular weight excluding hydrogens is 266 g/mol. The molecule has 5 heteroatoms. The summed E-state index contributed by atoms with van der Waals surface area (Å²) in [6.07, 6.45) is 0. The van der Waals surface area contributed by atoms with Crippen LogP contribution in [0.1, 0.15) is 10.4 Å². The van der Waals surface area contributed by atoms with Gasteiger partial charge in [-0.25, -0.2) is 4.79 Å². The molecule has 0 spiro atoms. The summed E-state index contributed by atoms with van der Waals surface area (Å²) in [7, 11) is 0. The van der Waals surface area contributed by atoms with E-state index in [2.05, 4.69) is 15.9 Å². The monoisotopic (exact) mass is 271 g/mol. The minimum atomic E-state index is -0.948. The van der Waals surface area contributed by atoms with Gasteiger partial charge in [-0.15, -0.1) is 11.3 Å². The van der Waals surface area contributed by atoms with Gasteiger partial charge in [-0.05, 0) is 33.4 Å². The molecule has 1 aromatic carbocycles. The number of aromatic carboxylic acids is 1. The van der Waals surface area contributed by atoms with Gasteiger partial charge in [-0.2, -0.15) is 0 Å². The molecule has 0 aliphatic heterocycles. The molecule has 0 saturated carbocycles. The van der Waals surface area contributed by atoms with Gasteiger partial charge in [0.05, 0.1) is 10.3 Å². The van der Waals surface area contributed by atoms with Crippen molar-refractivity contribution in [1.82, 2.24) is 0 Å². The first kappa shape index (κ1) is 9.48. The molecule has 0 atom stereocenters. The SMILES string of the molecule is Nc1cc(C(=O)O)c2sccc2c1Br. The fourth-order valence-electron chi connectivity index (χ4n) is 1.29. The third-order valence-electron chi connectivity index (χ3n) is 1.93. The van der Waals surface area contributed by atoms with E-state index >= 15 is 0 Å². The summed E-state index contributed by atoms with van der Waals surface area (Å²) in [4.78, 5) is 10.9. The zero-order valence-corrected chi connectivity index (χ0v) is 9.35. The summed E-state index contributed by atoms with van der Waals surface area (Å²) < 4.78 is 1.51. The standard InChI is InChI=1S/C9H6BrNO2S/c10-7-4-1-2-14-8(4)5(9(12)13)3-6(7)11/h1-3H,11H2,(H,12,13). The number of carboxylic acids is 1. The predicted molar refractivity (Wildman–Crippen MR) is 60.9 cm³/mol. The number of rotatable bonds is 1. The van der Waals surface area contributed by atoms with Crippen molar-refractivity contribution in [3.05, 3.63) is 27.5 Å². The number of nitrogen functional groups attached to an aromatic ring is 1. The van der Waals surface area contributed by atoms with Crippen LogP contribution in [0.2, 0.25) is 0 Å². The summed E-state index contributed by atoms with van der Waals surface area (Å²) in [5, 5.41) is 11.7. The van der Waals surface area contributed by atoms with E-state index < -0.39 is 5.97 Å². The molecule has 3 N–H and O–H groups in total. The molecule has 0 aliphatic rings. The maximum atomic E-state index is 10.9. The van der Waals surface area contributed by atoms with E-state index in [9.17, 15) is 4.79 Å². The van der Waals surface area contributed by atoms with Crippen molar-refractivity contribution in [2.75, 3.05) is 5.73 Å². The molecule has 0 bridgehead atoms. The molecule has 0 fully saturated rings. The molecule has 3 nitrogen and oxygen atoms in total. The summed E-state index contributed by atoms with van der Waals surface area (Å²) >= 11 is 4.73. The number of carbonyl (C=O) groups is 1. The number of halogens is 1. The average Bonchev–Trinajstić information content (AvgIpc) is 2.59. The van der Waals surface area contributed by atoms with Gasteiger partial charge >= 0.3 is 5.97 Å². The van der Waals surface area contributed by atoms with Crippen molar-refractivity contribution < 1.29 is 9.90 Å². The summed E-state index contributed by atoms with van der Waals surface area (Å²) in [5.41, 5.74) is 6.39. The average molecular weight is 272 g/mol. The second-order valence-electron chi connectivity index (χ2n) is 2.80. The van der Waals surface area contributed by atoms with Crippen molar-refractivity contribution in [2.24, 2.45) is 0 Å². The Kier molecular flexibility index (Phi) is 2.20. The Balaban J connectivity index is 2.91. The molecule has 14 heavy (non-hydrogen) atoms. The molecule has 1 heterocycles. The van der Waals surface area contributed by atoms with Crippen LogP contribution in [0.5, 0.6) is 0 Å². The van der Waals surface area contributed by atoms with Crippen molar-refractivity contribution in [2.45, 2.75) is 0 Å². The van der Waals surface area contributed by atoms with Gasteiger partial charge in [0, 0.05) is 15.5 Å². The highest BCUT2D eigenvalue weighted by Crippen LogP contribution is 2.35. The molecule has 1 aromatic heterocycles. The third-order valence-corrected chi connectivity index (χ3v) is 3.76. The lowest BCUT2D eigenvalue weighted by Crippen LogP contribution is -1.98. The molecule has 0 saturated heterocycles. The molecule has 0 unspecified atom stereocenters. The molecule has 0 radical (unpaired) electrons. The smallest absolute Gasteiger partial charge is 0.337 e. The Morgan fingerprint density at radius 3 is 2.93 bits per heavy atom. The van der Waals surface area contributed by atoms with Crippen molar-refractivity contribution in [3.8, 4) is 0 Å². The Bertz CT molecular complexity index is 521. The lowest BCUT2D eigenvalue weighted by Gasteiger charge is -2.03. The van der Waals surface area contributed by atoms with E-state index in [4.69, 9.17) is 10.8 Å². The highest BCUT2D eigenvalue weighted by molar-refractivity contribution is 9.10. The Morgan fingerprint density at radius 1 is 1.57 bits per heavy atom. The van der Waals surface area contributed by atoms with Crippen LogP contribution in [0.15, 0.2) is 22.0 Å². The van der Waals surface area contributed by atoms with Crippen LogP contribution in [0.3, 0.4) is 0 Å². The van der Waals surface area contributed by atoms with Gasteiger partial charge in [0.15, 0.2) is 0 Å². The van der Waals surface area contributed by atoms with E-state index in [0.717, 1.165) is 14.6 Å². The summed E-state index contributed by atoms with van der Waals surface area (Å²) in [6, 6.07) is 3.33. The number of carboxylic acid groups (broad SMARTS) is 1. The minimum Gasteiger partial charge on any atom is -0.478 e. The molecule has 2 rings (SSSR count). The Morgan fingerprint density at radius 2 is 2.29 bits per heavy atom. The Labute approximate surface area is 92.3 Å². The lowest BCUT2D eigenvalue weighted by atomic mass is 10.1. The van der Waals surface area contributed by atoms with Crippen LogP contribution in [0.25, 0.3) is 10.1 Å². The van der Waals surface area contributed by atoms with Gasteiger partial charge in [-0.3, -0.25) is 0 Å². The first-order valence-corrected chi connectivity index (χ1v) is 5.47. The van der Waals surface area contributed by atoms with E-state index in [1.54, 1.807) is 0 Å². The van der Waals surface area contributed by atoms with E-state index in [1.807, 2.05) is 11.4 Å². The molecular formula is C9H6BrNO2S. The maximum Gasteiger partial charge on any atom is 0.337 e. The largest absolute Gasteiger partial charge is 0.478 e. The van der Waals surface area contributed by atoms with Crippen LogP contribution >= 0.6 is 27.3 Å². The second kappa shape index (κ2) is 3.25. The first-order valence-electron chi connectivity index (χ1n) is 3.79. The molecule has 2 aromatic rings. The van der Waals surface area contributed by atoms with E-state index in [-0.39, 0.29) is 5.56 Å². The number of hydrogen-bond acceptors (Lipinski definition) is 3.